The van der Waals surface area contributed by atoms with E-state index in [1.807, 2.05) is 0 Å². The number of fused-ring (bicyclic) bond motifs is 2. The second-order valence-electron chi connectivity index (χ2n) is 4.47. The Bertz CT molecular complexity index is 320. The molecule has 2 heteroatoms. The minimum atomic E-state index is 0.757. The third kappa shape index (κ3) is 1.14. The number of benzene rings is 1. The first-order valence-corrected chi connectivity index (χ1v) is 5.36. The van der Waals surface area contributed by atoms with Crippen molar-refractivity contribution >= 4 is 5.69 Å². The van der Waals surface area contributed by atoms with Crippen molar-refractivity contribution in [2.24, 2.45) is 0 Å². The Morgan fingerprint density at radius 3 is 2.43 bits per heavy atom. The number of likely N-dealkylation sites (tertiary alicyclic amines) is 1. The number of hydrogen-bond donors (Lipinski definition) is 0. The van der Waals surface area contributed by atoms with Crippen molar-refractivity contribution in [1.29, 1.82) is 0 Å². The van der Waals surface area contributed by atoms with Crippen molar-refractivity contribution < 1.29 is 0 Å². The fourth-order valence-electron chi connectivity index (χ4n) is 2.80. The average Bonchev–Trinajstić information content (AvgIpc) is 2.77. The summed E-state index contributed by atoms with van der Waals surface area (Å²) in [5.74, 6) is 0. The van der Waals surface area contributed by atoms with Crippen LogP contribution >= 0.6 is 0 Å². The van der Waals surface area contributed by atoms with Gasteiger partial charge in [0, 0.05) is 30.9 Å². The molecule has 1 aromatic carbocycles. The number of para-hydroxylation sites is 1. The van der Waals surface area contributed by atoms with E-state index in [2.05, 4.69) is 47.2 Å². The minimum Gasteiger partial charge on any atom is -0.366 e. The van der Waals surface area contributed by atoms with Gasteiger partial charge in [0.05, 0.1) is 0 Å². The van der Waals surface area contributed by atoms with Crippen LogP contribution in [0.2, 0.25) is 0 Å². The van der Waals surface area contributed by atoms with E-state index in [1.54, 1.807) is 0 Å². The zero-order valence-corrected chi connectivity index (χ0v) is 8.56. The first-order valence-electron chi connectivity index (χ1n) is 5.36. The highest BCUT2D eigenvalue weighted by Gasteiger charge is 2.41. The summed E-state index contributed by atoms with van der Waals surface area (Å²) in [6, 6.07) is 12.3. The molecular weight excluding hydrogens is 172 g/mol. The maximum atomic E-state index is 2.56. The zero-order chi connectivity index (χ0) is 9.54. The van der Waals surface area contributed by atoms with Crippen LogP contribution in [-0.2, 0) is 0 Å². The van der Waals surface area contributed by atoms with Crippen LogP contribution in [-0.4, -0.2) is 37.1 Å². The van der Waals surface area contributed by atoms with Gasteiger partial charge in [0.2, 0.25) is 0 Å². The molecule has 0 radical (unpaired) electrons. The molecule has 2 aliphatic heterocycles. The largest absolute Gasteiger partial charge is 0.366 e. The first kappa shape index (κ1) is 8.30. The van der Waals surface area contributed by atoms with Gasteiger partial charge in [-0.05, 0) is 25.6 Å². The van der Waals surface area contributed by atoms with E-state index in [-0.39, 0.29) is 0 Å². The number of nitrogens with zero attached hydrogens (tertiary/aromatic N) is 2. The number of hydrogen-bond acceptors (Lipinski definition) is 2. The Kier molecular flexibility index (Phi) is 1.77. The Balaban J connectivity index is 1.84. The second-order valence-corrected chi connectivity index (χ2v) is 4.47. The number of piperazine rings is 1. The predicted octanol–water partition coefficient (Wildman–Crippen LogP) is 1.58. The third-order valence-electron chi connectivity index (χ3n) is 3.60. The lowest BCUT2D eigenvalue weighted by atomic mass is 10.2. The number of anilines is 1. The van der Waals surface area contributed by atoms with Gasteiger partial charge in [0.1, 0.15) is 0 Å². The van der Waals surface area contributed by atoms with Crippen LogP contribution in [0.3, 0.4) is 0 Å². The van der Waals surface area contributed by atoms with Crippen molar-refractivity contribution in [3.63, 3.8) is 0 Å². The standard InChI is InChI=1S/C12H16N2/c1-13-8-12-7-11(13)9-14(12)10-5-3-2-4-6-10/h2-6,11-12H,7-9H2,1H3/t11?,12-/m0/s1. The summed E-state index contributed by atoms with van der Waals surface area (Å²) in [4.78, 5) is 5.05. The number of rotatable bonds is 1. The van der Waals surface area contributed by atoms with Crippen molar-refractivity contribution in [2.45, 2.75) is 18.5 Å². The van der Waals surface area contributed by atoms with Gasteiger partial charge in [-0.25, -0.2) is 0 Å². The molecule has 1 aromatic rings. The Hall–Kier alpha value is -1.02. The molecule has 2 nitrogen and oxygen atoms in total. The smallest absolute Gasteiger partial charge is 0.0433 e. The van der Waals surface area contributed by atoms with Gasteiger partial charge < -0.3 is 4.90 Å². The van der Waals surface area contributed by atoms with Gasteiger partial charge in [-0.1, -0.05) is 18.2 Å². The lowest BCUT2D eigenvalue weighted by Crippen LogP contribution is -2.44. The van der Waals surface area contributed by atoms with Crippen molar-refractivity contribution in [3.8, 4) is 0 Å². The van der Waals surface area contributed by atoms with Gasteiger partial charge >= 0.3 is 0 Å². The molecule has 0 aromatic heterocycles. The summed E-state index contributed by atoms with van der Waals surface area (Å²) in [5.41, 5.74) is 1.40. The van der Waals surface area contributed by atoms with Gasteiger partial charge in [0.25, 0.3) is 0 Å². The molecule has 2 aliphatic rings. The highest BCUT2D eigenvalue weighted by Crippen LogP contribution is 2.33. The van der Waals surface area contributed by atoms with E-state index < -0.39 is 0 Å². The van der Waals surface area contributed by atoms with Crippen LogP contribution in [0.1, 0.15) is 6.42 Å². The van der Waals surface area contributed by atoms with Gasteiger partial charge in [-0.3, -0.25) is 4.90 Å². The predicted molar refractivity (Wildman–Crippen MR) is 58.6 cm³/mol. The molecule has 14 heavy (non-hydrogen) atoms. The molecule has 0 aliphatic carbocycles. The van der Waals surface area contributed by atoms with E-state index in [1.165, 1.54) is 25.2 Å². The summed E-state index contributed by atoms with van der Waals surface area (Å²) in [6.07, 6.45) is 1.35. The fourth-order valence-corrected chi connectivity index (χ4v) is 2.80. The Morgan fingerprint density at radius 2 is 1.86 bits per heavy atom. The van der Waals surface area contributed by atoms with Gasteiger partial charge in [-0.15, -0.1) is 0 Å². The third-order valence-corrected chi connectivity index (χ3v) is 3.60. The van der Waals surface area contributed by atoms with Crippen LogP contribution in [0.4, 0.5) is 5.69 Å². The van der Waals surface area contributed by atoms with E-state index >= 15 is 0 Å². The molecule has 1 unspecified atom stereocenters. The highest BCUT2D eigenvalue weighted by molar-refractivity contribution is 5.49. The average molecular weight is 188 g/mol. The van der Waals surface area contributed by atoms with Crippen molar-refractivity contribution in [1.82, 2.24) is 4.90 Å². The molecule has 0 saturated carbocycles. The molecule has 2 bridgehead atoms. The lowest BCUT2D eigenvalue weighted by Gasteiger charge is -2.33. The minimum absolute atomic E-state index is 0.757. The summed E-state index contributed by atoms with van der Waals surface area (Å²) < 4.78 is 0. The van der Waals surface area contributed by atoms with Crippen molar-refractivity contribution in [2.75, 3.05) is 25.0 Å². The van der Waals surface area contributed by atoms with Crippen LogP contribution in [0.5, 0.6) is 0 Å². The molecule has 2 saturated heterocycles. The normalized spacial score (nSPS) is 31.4. The first-order chi connectivity index (χ1) is 6.84. The van der Waals surface area contributed by atoms with Gasteiger partial charge in [-0.2, -0.15) is 0 Å². The SMILES string of the molecule is CN1C[C@@H]2CC1CN2c1ccccc1. The summed E-state index contributed by atoms with van der Waals surface area (Å²) in [7, 11) is 2.24. The fraction of sp³-hybridized carbons (Fsp3) is 0.500. The molecular formula is C12H16N2. The summed E-state index contributed by atoms with van der Waals surface area (Å²) in [6.45, 7) is 2.45. The molecule has 2 atom stereocenters. The Morgan fingerprint density at radius 1 is 1.07 bits per heavy atom. The molecule has 2 fully saturated rings. The lowest BCUT2D eigenvalue weighted by molar-refractivity contribution is 0.292. The second kappa shape index (κ2) is 2.99. The maximum Gasteiger partial charge on any atom is 0.0433 e. The van der Waals surface area contributed by atoms with Gasteiger partial charge in [0.15, 0.2) is 0 Å². The van der Waals surface area contributed by atoms with E-state index in [0.717, 1.165) is 12.1 Å². The van der Waals surface area contributed by atoms with Crippen molar-refractivity contribution in [3.05, 3.63) is 30.3 Å². The van der Waals surface area contributed by atoms with E-state index in [0.29, 0.717) is 0 Å². The van der Waals surface area contributed by atoms with E-state index in [4.69, 9.17) is 0 Å². The zero-order valence-electron chi connectivity index (χ0n) is 8.56. The number of likely N-dealkylation sites (N-methyl/N-ethyl adjacent to an activating group) is 1. The highest BCUT2D eigenvalue weighted by atomic mass is 15.3. The molecule has 3 rings (SSSR count). The van der Waals surface area contributed by atoms with Crippen LogP contribution in [0.15, 0.2) is 30.3 Å². The topological polar surface area (TPSA) is 6.48 Å². The van der Waals surface area contributed by atoms with E-state index in [9.17, 15) is 0 Å². The summed E-state index contributed by atoms with van der Waals surface area (Å²) in [5, 5.41) is 0. The van der Waals surface area contributed by atoms with Crippen LogP contribution in [0.25, 0.3) is 0 Å². The van der Waals surface area contributed by atoms with Crippen LogP contribution < -0.4 is 4.90 Å². The molecule has 0 N–H and O–H groups in total. The molecule has 0 spiro atoms. The molecule has 2 heterocycles. The molecule has 74 valence electrons. The summed E-state index contributed by atoms with van der Waals surface area (Å²) >= 11 is 0. The Labute approximate surface area is 85.1 Å². The monoisotopic (exact) mass is 188 g/mol. The molecule has 0 amide bonds. The van der Waals surface area contributed by atoms with Crippen LogP contribution in [0, 0.1) is 0 Å². The maximum absolute atomic E-state index is 2.56. The quantitative estimate of drug-likeness (QED) is 0.660.